The molecule has 2 aromatic rings. The molecule has 0 unspecified atom stereocenters. The SMILES string of the molecule is CCOC(=O)CN1C(=O)S/C(=C/c2ccc(-c3ccc(C(=O)[O-])c(Cl)c3)o2)C1=O. The first-order valence-electron chi connectivity index (χ1n) is 8.32. The molecule has 10 heteroatoms. The van der Waals surface area contributed by atoms with Crippen LogP contribution in [0.5, 0.6) is 0 Å². The molecule has 29 heavy (non-hydrogen) atoms. The predicted molar refractivity (Wildman–Crippen MR) is 103 cm³/mol. The molecule has 2 amide bonds. The Bertz CT molecular complexity index is 1040. The number of hydrogen-bond acceptors (Lipinski definition) is 8. The third kappa shape index (κ3) is 4.52. The minimum atomic E-state index is -1.39. The number of carboxylic acids is 1. The molecule has 1 fully saturated rings. The van der Waals surface area contributed by atoms with Gasteiger partial charge < -0.3 is 19.1 Å². The zero-order valence-electron chi connectivity index (χ0n) is 15.0. The van der Waals surface area contributed by atoms with Crippen LogP contribution in [0.25, 0.3) is 17.4 Å². The van der Waals surface area contributed by atoms with E-state index in [0.717, 1.165) is 4.90 Å². The standard InChI is InChI=1S/C19H14ClNO7S/c1-2-27-16(22)9-21-17(23)15(29-19(21)26)8-11-4-6-14(28-11)10-3-5-12(18(24)25)13(20)7-10/h3-8H,2,9H2,1H3,(H,24,25)/p-1/b15-8+. The van der Waals surface area contributed by atoms with E-state index in [9.17, 15) is 24.3 Å². The average molecular weight is 435 g/mol. The Morgan fingerprint density at radius 3 is 2.69 bits per heavy atom. The quantitative estimate of drug-likeness (QED) is 0.503. The number of furan rings is 1. The van der Waals surface area contributed by atoms with Crippen LogP contribution in [0.2, 0.25) is 5.02 Å². The van der Waals surface area contributed by atoms with E-state index >= 15 is 0 Å². The Balaban J connectivity index is 1.79. The maximum atomic E-state index is 12.4. The van der Waals surface area contributed by atoms with Gasteiger partial charge in [0.1, 0.15) is 18.1 Å². The number of aromatic carboxylic acids is 1. The molecule has 3 rings (SSSR count). The molecule has 150 valence electrons. The van der Waals surface area contributed by atoms with E-state index in [1.54, 1.807) is 19.1 Å². The normalized spacial score (nSPS) is 15.2. The Labute approximate surface area is 174 Å². The molecule has 1 saturated heterocycles. The fourth-order valence-electron chi connectivity index (χ4n) is 2.52. The van der Waals surface area contributed by atoms with Crippen LogP contribution >= 0.6 is 23.4 Å². The smallest absolute Gasteiger partial charge is 0.326 e. The van der Waals surface area contributed by atoms with Gasteiger partial charge in [0.15, 0.2) is 0 Å². The van der Waals surface area contributed by atoms with Gasteiger partial charge in [0.25, 0.3) is 11.1 Å². The Kier molecular flexibility index (Phi) is 6.09. The second-order valence-electron chi connectivity index (χ2n) is 5.76. The number of esters is 1. The van der Waals surface area contributed by atoms with Crippen molar-refractivity contribution in [2.75, 3.05) is 13.2 Å². The number of halogens is 1. The second kappa shape index (κ2) is 8.54. The number of benzene rings is 1. The highest BCUT2D eigenvalue weighted by atomic mass is 35.5. The molecule has 0 saturated carbocycles. The van der Waals surface area contributed by atoms with Gasteiger partial charge in [-0.15, -0.1) is 0 Å². The van der Waals surface area contributed by atoms with Crippen molar-refractivity contribution in [2.45, 2.75) is 6.92 Å². The lowest BCUT2D eigenvalue weighted by molar-refractivity contribution is -0.255. The van der Waals surface area contributed by atoms with Crippen LogP contribution < -0.4 is 5.11 Å². The Hall–Kier alpha value is -3.04. The minimum Gasteiger partial charge on any atom is -0.545 e. The second-order valence-corrected chi connectivity index (χ2v) is 7.16. The van der Waals surface area contributed by atoms with E-state index in [2.05, 4.69) is 0 Å². The number of carbonyl (C=O) groups excluding carboxylic acids is 4. The highest BCUT2D eigenvalue weighted by molar-refractivity contribution is 8.18. The van der Waals surface area contributed by atoms with Gasteiger partial charge in [-0.25, -0.2) is 0 Å². The van der Waals surface area contributed by atoms with Crippen LogP contribution in [0.3, 0.4) is 0 Å². The number of rotatable bonds is 6. The van der Waals surface area contributed by atoms with Gasteiger partial charge >= 0.3 is 5.97 Å². The van der Waals surface area contributed by atoms with Crippen LogP contribution in [-0.4, -0.2) is 41.1 Å². The number of nitrogens with zero attached hydrogens (tertiary/aromatic N) is 1. The monoisotopic (exact) mass is 434 g/mol. The van der Waals surface area contributed by atoms with Crippen molar-refractivity contribution in [3.8, 4) is 11.3 Å². The summed E-state index contributed by atoms with van der Waals surface area (Å²) in [6.45, 7) is 1.32. The van der Waals surface area contributed by atoms with Gasteiger partial charge in [-0.05, 0) is 36.9 Å². The first-order chi connectivity index (χ1) is 13.8. The number of hydrogen-bond donors (Lipinski definition) is 0. The van der Waals surface area contributed by atoms with E-state index < -0.39 is 29.6 Å². The van der Waals surface area contributed by atoms with E-state index in [1.165, 1.54) is 24.3 Å². The summed E-state index contributed by atoms with van der Waals surface area (Å²) in [6.07, 6.45) is 1.39. The van der Waals surface area contributed by atoms with Crippen molar-refractivity contribution in [1.82, 2.24) is 4.90 Å². The van der Waals surface area contributed by atoms with Crippen LogP contribution in [-0.2, 0) is 14.3 Å². The molecule has 2 heterocycles. The molecule has 0 atom stereocenters. The van der Waals surface area contributed by atoms with Gasteiger partial charge in [0, 0.05) is 17.2 Å². The summed E-state index contributed by atoms with van der Waals surface area (Å²) in [4.78, 5) is 47.7. The van der Waals surface area contributed by atoms with E-state index in [4.69, 9.17) is 20.8 Å². The largest absolute Gasteiger partial charge is 0.545 e. The molecular weight excluding hydrogens is 422 g/mol. The molecule has 1 aromatic heterocycles. The summed E-state index contributed by atoms with van der Waals surface area (Å²) in [5, 5.41) is 10.4. The molecule has 1 aliphatic rings. The summed E-state index contributed by atoms with van der Waals surface area (Å²) >= 11 is 6.62. The van der Waals surface area contributed by atoms with Crippen LogP contribution in [0, 0.1) is 0 Å². The van der Waals surface area contributed by atoms with Gasteiger partial charge in [0.05, 0.1) is 22.5 Å². The molecule has 0 aliphatic carbocycles. The number of carboxylic acid groups (broad SMARTS) is 1. The summed E-state index contributed by atoms with van der Waals surface area (Å²) in [7, 11) is 0. The van der Waals surface area contributed by atoms with Crippen molar-refractivity contribution in [3.63, 3.8) is 0 Å². The van der Waals surface area contributed by atoms with Crippen molar-refractivity contribution in [2.24, 2.45) is 0 Å². The first-order valence-corrected chi connectivity index (χ1v) is 9.51. The maximum absolute atomic E-state index is 12.4. The molecule has 0 bridgehead atoms. The molecule has 8 nitrogen and oxygen atoms in total. The summed E-state index contributed by atoms with van der Waals surface area (Å²) in [5.41, 5.74) is 0.382. The number of carbonyl (C=O) groups is 4. The molecular formula is C19H13ClNO7S-. The van der Waals surface area contributed by atoms with Gasteiger partial charge in [-0.3, -0.25) is 19.3 Å². The van der Waals surface area contributed by atoms with Crippen molar-refractivity contribution in [3.05, 3.63) is 51.6 Å². The van der Waals surface area contributed by atoms with E-state index in [-0.39, 0.29) is 22.1 Å². The zero-order valence-corrected chi connectivity index (χ0v) is 16.5. The van der Waals surface area contributed by atoms with E-state index in [0.29, 0.717) is 28.8 Å². The zero-order chi connectivity index (χ0) is 21.1. The minimum absolute atomic E-state index is 0.000495. The Morgan fingerprint density at radius 2 is 2.03 bits per heavy atom. The molecule has 1 aliphatic heterocycles. The van der Waals surface area contributed by atoms with Crippen LogP contribution in [0.15, 0.2) is 39.7 Å². The third-order valence-electron chi connectivity index (χ3n) is 3.84. The lowest BCUT2D eigenvalue weighted by Gasteiger charge is -2.10. The number of imide groups is 1. The summed E-state index contributed by atoms with van der Waals surface area (Å²) in [5.74, 6) is -2.00. The number of amides is 2. The van der Waals surface area contributed by atoms with Crippen molar-refractivity contribution >= 4 is 52.5 Å². The van der Waals surface area contributed by atoms with E-state index in [1.807, 2.05) is 0 Å². The van der Waals surface area contributed by atoms with Gasteiger partial charge in [0.2, 0.25) is 0 Å². The summed E-state index contributed by atoms with van der Waals surface area (Å²) in [6, 6.07) is 7.42. The van der Waals surface area contributed by atoms with Crippen molar-refractivity contribution in [1.29, 1.82) is 0 Å². The molecule has 0 N–H and O–H groups in total. The fourth-order valence-corrected chi connectivity index (χ4v) is 3.60. The van der Waals surface area contributed by atoms with Crippen LogP contribution in [0.1, 0.15) is 23.0 Å². The molecule has 0 spiro atoms. The number of thioether (sulfide) groups is 1. The highest BCUT2D eigenvalue weighted by Gasteiger charge is 2.36. The fraction of sp³-hybridized carbons (Fsp3) is 0.158. The highest BCUT2D eigenvalue weighted by Crippen LogP contribution is 2.33. The Morgan fingerprint density at radius 1 is 1.28 bits per heavy atom. The third-order valence-corrected chi connectivity index (χ3v) is 5.06. The average Bonchev–Trinajstić information content (AvgIpc) is 3.22. The van der Waals surface area contributed by atoms with Gasteiger partial charge in [-0.2, -0.15) is 0 Å². The van der Waals surface area contributed by atoms with Crippen molar-refractivity contribution < 1.29 is 33.4 Å². The lowest BCUT2D eigenvalue weighted by atomic mass is 10.1. The van der Waals surface area contributed by atoms with Crippen LogP contribution in [0.4, 0.5) is 4.79 Å². The topological polar surface area (TPSA) is 117 Å². The lowest BCUT2D eigenvalue weighted by Crippen LogP contribution is -2.34. The number of ether oxygens (including phenoxy) is 1. The first kappa shape index (κ1) is 20.7. The molecule has 1 aromatic carbocycles. The molecule has 0 radical (unpaired) electrons. The maximum Gasteiger partial charge on any atom is 0.326 e. The predicted octanol–water partition coefficient (Wildman–Crippen LogP) is 2.56. The summed E-state index contributed by atoms with van der Waals surface area (Å²) < 4.78 is 10.4. The van der Waals surface area contributed by atoms with Gasteiger partial charge in [-0.1, -0.05) is 23.7 Å².